The van der Waals surface area contributed by atoms with Crippen molar-refractivity contribution in [1.29, 1.82) is 0 Å². The monoisotopic (exact) mass is 366 g/mol. The number of rotatable bonds is 4. The SMILES string of the molecule is FC(F)(F)Oc1ccc2[nH]cc(CCN3CCCC3)c2c1.OC(F)F. The first-order chi connectivity index (χ1) is 11.7. The average molecular weight is 366 g/mol. The molecule has 0 amide bonds. The largest absolute Gasteiger partial charge is 0.573 e. The molecule has 0 spiro atoms. The first-order valence-corrected chi connectivity index (χ1v) is 7.79. The molecular formula is C16H19F5N2O2. The highest BCUT2D eigenvalue weighted by atomic mass is 19.4. The van der Waals surface area contributed by atoms with Gasteiger partial charge in [-0.05, 0) is 56.1 Å². The topological polar surface area (TPSA) is 48.5 Å². The van der Waals surface area contributed by atoms with Gasteiger partial charge in [0.1, 0.15) is 5.75 Å². The van der Waals surface area contributed by atoms with Crippen LogP contribution in [0.3, 0.4) is 0 Å². The molecule has 0 unspecified atom stereocenters. The number of hydrogen-bond acceptors (Lipinski definition) is 3. The molecule has 4 nitrogen and oxygen atoms in total. The molecule has 1 aromatic heterocycles. The number of aromatic amines is 1. The lowest BCUT2D eigenvalue weighted by atomic mass is 10.1. The number of fused-ring (bicyclic) bond motifs is 1. The van der Waals surface area contributed by atoms with E-state index in [-0.39, 0.29) is 5.75 Å². The molecular weight excluding hydrogens is 347 g/mol. The molecule has 140 valence electrons. The summed E-state index contributed by atoms with van der Waals surface area (Å²) in [5.41, 5.74) is 1.87. The van der Waals surface area contributed by atoms with Gasteiger partial charge in [-0.1, -0.05) is 0 Å². The minimum atomic E-state index is -4.65. The fraction of sp³-hybridized carbons (Fsp3) is 0.500. The van der Waals surface area contributed by atoms with Crippen LogP contribution in [0.15, 0.2) is 24.4 Å². The molecule has 3 rings (SSSR count). The molecule has 9 heteroatoms. The molecule has 25 heavy (non-hydrogen) atoms. The number of hydrogen-bond donors (Lipinski definition) is 2. The van der Waals surface area contributed by atoms with Crippen LogP contribution in [0.4, 0.5) is 22.0 Å². The Kier molecular flexibility index (Phi) is 6.60. The second-order valence-corrected chi connectivity index (χ2v) is 5.65. The highest BCUT2D eigenvalue weighted by Crippen LogP contribution is 2.28. The van der Waals surface area contributed by atoms with Crippen LogP contribution in [0.5, 0.6) is 5.75 Å². The van der Waals surface area contributed by atoms with Crippen molar-refractivity contribution >= 4 is 10.9 Å². The van der Waals surface area contributed by atoms with Gasteiger partial charge >= 0.3 is 13.0 Å². The normalized spacial score (nSPS) is 15.5. The van der Waals surface area contributed by atoms with E-state index in [4.69, 9.17) is 5.11 Å². The molecule has 0 atom stereocenters. The second kappa shape index (κ2) is 8.48. The van der Waals surface area contributed by atoms with Crippen molar-refractivity contribution in [2.45, 2.75) is 32.2 Å². The number of nitrogens with one attached hydrogen (secondary N) is 1. The van der Waals surface area contributed by atoms with Crippen LogP contribution >= 0.6 is 0 Å². The van der Waals surface area contributed by atoms with Gasteiger partial charge in [-0.15, -0.1) is 13.2 Å². The maximum atomic E-state index is 12.3. The summed E-state index contributed by atoms with van der Waals surface area (Å²) in [5, 5.41) is 7.52. The van der Waals surface area contributed by atoms with Crippen LogP contribution in [0.25, 0.3) is 10.9 Å². The second-order valence-electron chi connectivity index (χ2n) is 5.65. The van der Waals surface area contributed by atoms with E-state index in [2.05, 4.69) is 14.6 Å². The maximum Gasteiger partial charge on any atom is 0.573 e. The van der Waals surface area contributed by atoms with Gasteiger partial charge in [-0.2, -0.15) is 8.78 Å². The summed E-state index contributed by atoms with van der Waals surface area (Å²) in [5.74, 6) is -0.169. The number of benzene rings is 1. The van der Waals surface area contributed by atoms with E-state index in [1.807, 2.05) is 6.20 Å². The van der Waals surface area contributed by atoms with E-state index < -0.39 is 13.0 Å². The Balaban J connectivity index is 0.000000511. The zero-order chi connectivity index (χ0) is 18.4. The highest BCUT2D eigenvalue weighted by molar-refractivity contribution is 5.84. The molecule has 0 bridgehead atoms. The van der Waals surface area contributed by atoms with Crippen LogP contribution in [0.1, 0.15) is 18.4 Å². The van der Waals surface area contributed by atoms with Crippen molar-refractivity contribution < 1.29 is 31.8 Å². The van der Waals surface area contributed by atoms with E-state index in [0.717, 1.165) is 42.5 Å². The van der Waals surface area contributed by atoms with E-state index in [9.17, 15) is 22.0 Å². The molecule has 0 aliphatic carbocycles. The highest BCUT2D eigenvalue weighted by Gasteiger charge is 2.31. The quantitative estimate of drug-likeness (QED) is 0.807. The number of aliphatic hydroxyl groups is 1. The molecule has 0 saturated carbocycles. The van der Waals surface area contributed by atoms with E-state index >= 15 is 0 Å². The maximum absolute atomic E-state index is 12.3. The lowest BCUT2D eigenvalue weighted by molar-refractivity contribution is -0.274. The van der Waals surface area contributed by atoms with Gasteiger partial charge in [0, 0.05) is 23.6 Å². The molecule has 1 aromatic carbocycles. The number of aromatic nitrogens is 1. The Labute approximate surface area is 141 Å². The summed E-state index contributed by atoms with van der Waals surface area (Å²) in [4.78, 5) is 5.48. The summed E-state index contributed by atoms with van der Waals surface area (Å²) in [6, 6.07) is 4.41. The number of ether oxygens (including phenoxy) is 1. The zero-order valence-corrected chi connectivity index (χ0v) is 13.3. The van der Waals surface area contributed by atoms with Gasteiger partial charge in [0.2, 0.25) is 0 Å². The summed E-state index contributed by atoms with van der Waals surface area (Å²) < 4.78 is 60.6. The Morgan fingerprint density at radius 2 is 1.84 bits per heavy atom. The molecule has 1 aliphatic rings. The number of likely N-dealkylation sites (tertiary alicyclic amines) is 1. The molecule has 1 fully saturated rings. The van der Waals surface area contributed by atoms with Crippen LogP contribution in [0, 0.1) is 0 Å². The Bertz CT molecular complexity index is 663. The van der Waals surface area contributed by atoms with Crippen LogP contribution < -0.4 is 4.74 Å². The third kappa shape index (κ3) is 6.50. The standard InChI is InChI=1S/C15H17F3N2O.CH2F2O/c16-15(17,18)21-12-3-4-14-13(9-12)11(10-19-14)5-8-20-6-1-2-7-20;2-1(3)4/h3-4,9-10,19H,1-2,5-8H2;1,4H. The van der Waals surface area contributed by atoms with Gasteiger partial charge in [0.15, 0.2) is 0 Å². The van der Waals surface area contributed by atoms with Crippen LogP contribution in [-0.2, 0) is 6.42 Å². The number of halogens is 5. The fourth-order valence-electron chi connectivity index (χ4n) is 2.85. The van der Waals surface area contributed by atoms with Gasteiger partial charge in [-0.3, -0.25) is 0 Å². The molecule has 1 aliphatic heterocycles. The van der Waals surface area contributed by atoms with Gasteiger partial charge < -0.3 is 19.7 Å². The van der Waals surface area contributed by atoms with Crippen LogP contribution in [-0.4, -0.2) is 47.6 Å². The predicted octanol–water partition coefficient (Wildman–Crippen LogP) is 3.91. The first-order valence-electron chi connectivity index (χ1n) is 7.79. The molecule has 2 heterocycles. The lowest BCUT2D eigenvalue weighted by Gasteiger charge is -2.13. The summed E-state index contributed by atoms with van der Waals surface area (Å²) in [6.45, 7) is 0.00683. The van der Waals surface area contributed by atoms with Gasteiger partial charge in [0.05, 0.1) is 0 Å². The Morgan fingerprint density at radius 1 is 1.20 bits per heavy atom. The Hall–Kier alpha value is -1.87. The van der Waals surface area contributed by atoms with Crippen molar-refractivity contribution in [3.05, 3.63) is 30.0 Å². The van der Waals surface area contributed by atoms with Crippen molar-refractivity contribution in [3.8, 4) is 5.75 Å². The molecule has 1 saturated heterocycles. The smallest absolute Gasteiger partial charge is 0.406 e. The number of H-pyrrole nitrogens is 1. The number of alkyl halides is 5. The van der Waals surface area contributed by atoms with Crippen molar-refractivity contribution in [1.82, 2.24) is 9.88 Å². The third-order valence-corrected chi connectivity index (χ3v) is 3.87. The lowest BCUT2D eigenvalue weighted by Crippen LogP contribution is -2.21. The van der Waals surface area contributed by atoms with E-state index in [1.165, 1.54) is 25.0 Å². The molecule has 0 radical (unpaired) electrons. The summed E-state index contributed by atoms with van der Waals surface area (Å²) in [7, 11) is 0. The average Bonchev–Trinajstić information content (AvgIpc) is 3.11. The number of nitrogens with zero attached hydrogens (tertiary/aromatic N) is 1. The molecule has 2 aromatic rings. The van der Waals surface area contributed by atoms with Crippen molar-refractivity contribution in [2.75, 3.05) is 19.6 Å². The Morgan fingerprint density at radius 3 is 2.44 bits per heavy atom. The van der Waals surface area contributed by atoms with Crippen LogP contribution in [0.2, 0.25) is 0 Å². The van der Waals surface area contributed by atoms with Gasteiger partial charge in [0.25, 0.3) is 0 Å². The van der Waals surface area contributed by atoms with Gasteiger partial charge in [-0.25, -0.2) is 0 Å². The van der Waals surface area contributed by atoms with Crippen molar-refractivity contribution in [3.63, 3.8) is 0 Å². The minimum Gasteiger partial charge on any atom is -0.406 e. The third-order valence-electron chi connectivity index (χ3n) is 3.87. The minimum absolute atomic E-state index is 0.169. The predicted molar refractivity (Wildman–Crippen MR) is 82.6 cm³/mol. The zero-order valence-electron chi connectivity index (χ0n) is 13.3. The van der Waals surface area contributed by atoms with E-state index in [0.29, 0.717) is 0 Å². The first kappa shape index (κ1) is 19.5. The fourth-order valence-corrected chi connectivity index (χ4v) is 2.85. The number of aliphatic hydroxyl groups excluding tert-OH is 1. The summed E-state index contributed by atoms with van der Waals surface area (Å²) in [6.07, 6.45) is 0.516. The van der Waals surface area contributed by atoms with E-state index in [1.54, 1.807) is 6.07 Å². The summed E-state index contributed by atoms with van der Waals surface area (Å²) >= 11 is 0. The molecule has 2 N–H and O–H groups in total. The van der Waals surface area contributed by atoms with Crippen molar-refractivity contribution in [2.24, 2.45) is 0 Å².